The van der Waals surface area contributed by atoms with Crippen molar-refractivity contribution in [3.8, 4) is 0 Å². The second kappa shape index (κ2) is 9.80. The lowest BCUT2D eigenvalue weighted by Gasteiger charge is -2.38. The molecule has 18 heavy (non-hydrogen) atoms. The summed E-state index contributed by atoms with van der Waals surface area (Å²) in [4.78, 5) is 5.13. The molecule has 1 aliphatic rings. The zero-order valence-electron chi connectivity index (χ0n) is 13.0. The van der Waals surface area contributed by atoms with Crippen LogP contribution in [0.2, 0.25) is 0 Å². The van der Waals surface area contributed by atoms with Crippen LogP contribution in [0.4, 0.5) is 0 Å². The normalized spacial score (nSPS) is 22.5. The van der Waals surface area contributed by atoms with Crippen LogP contribution < -0.4 is 0 Å². The predicted octanol–water partition coefficient (Wildman–Crippen LogP) is 3.76. The Morgan fingerprint density at radius 2 is 1.50 bits per heavy atom. The van der Waals surface area contributed by atoms with Gasteiger partial charge in [0.05, 0.1) is 0 Å². The van der Waals surface area contributed by atoms with E-state index in [0.717, 1.165) is 6.04 Å². The lowest BCUT2D eigenvalue weighted by Crippen LogP contribution is -2.50. The summed E-state index contributed by atoms with van der Waals surface area (Å²) in [6, 6.07) is 0.758. The third-order valence-electron chi connectivity index (χ3n) is 4.27. The molecule has 1 saturated heterocycles. The monoisotopic (exact) mass is 254 g/mol. The van der Waals surface area contributed by atoms with Crippen LogP contribution in [-0.2, 0) is 0 Å². The molecule has 0 N–H and O–H groups in total. The molecule has 0 aromatic carbocycles. The fraction of sp³-hybridized carbons (Fsp3) is 1.00. The van der Waals surface area contributed by atoms with E-state index in [1.807, 2.05) is 0 Å². The van der Waals surface area contributed by atoms with Crippen LogP contribution in [0.3, 0.4) is 0 Å². The topological polar surface area (TPSA) is 6.48 Å². The fourth-order valence-electron chi connectivity index (χ4n) is 2.96. The number of nitrogens with zero attached hydrogens (tertiary/aromatic N) is 2. The van der Waals surface area contributed by atoms with Crippen LogP contribution in [0.15, 0.2) is 0 Å². The highest BCUT2D eigenvalue weighted by Gasteiger charge is 2.20. The van der Waals surface area contributed by atoms with E-state index in [1.165, 1.54) is 77.5 Å². The molecule has 1 aliphatic heterocycles. The summed E-state index contributed by atoms with van der Waals surface area (Å²) < 4.78 is 0. The standard InChI is InChI=1S/C16H34N2/c1-4-5-6-7-8-9-10-11-12-18-14-13-17(3)15-16(18)2/h16H,4-15H2,1-3H3. The van der Waals surface area contributed by atoms with Crippen molar-refractivity contribution in [3.05, 3.63) is 0 Å². The van der Waals surface area contributed by atoms with Gasteiger partial charge in [-0.2, -0.15) is 0 Å². The van der Waals surface area contributed by atoms with Crippen molar-refractivity contribution in [3.63, 3.8) is 0 Å². The van der Waals surface area contributed by atoms with Gasteiger partial charge in [-0.3, -0.25) is 4.90 Å². The van der Waals surface area contributed by atoms with E-state index in [0.29, 0.717) is 0 Å². The Kier molecular flexibility index (Phi) is 8.70. The minimum atomic E-state index is 0.758. The van der Waals surface area contributed by atoms with Crippen LogP contribution in [0, 0.1) is 0 Å². The molecule has 0 spiro atoms. The first-order valence-electron chi connectivity index (χ1n) is 8.16. The van der Waals surface area contributed by atoms with Gasteiger partial charge in [0.2, 0.25) is 0 Å². The molecular formula is C16H34N2. The van der Waals surface area contributed by atoms with E-state index in [2.05, 4.69) is 30.7 Å². The minimum absolute atomic E-state index is 0.758. The molecule has 0 aromatic rings. The van der Waals surface area contributed by atoms with Crippen molar-refractivity contribution < 1.29 is 0 Å². The smallest absolute Gasteiger partial charge is 0.0195 e. The molecule has 1 heterocycles. The van der Waals surface area contributed by atoms with Crippen LogP contribution in [0.1, 0.15) is 65.2 Å². The van der Waals surface area contributed by atoms with Gasteiger partial charge in [0, 0.05) is 25.7 Å². The molecule has 0 bridgehead atoms. The first-order chi connectivity index (χ1) is 8.74. The van der Waals surface area contributed by atoms with Gasteiger partial charge >= 0.3 is 0 Å². The number of likely N-dealkylation sites (N-methyl/N-ethyl adjacent to an activating group) is 1. The Bertz CT molecular complexity index is 194. The fourth-order valence-corrected chi connectivity index (χ4v) is 2.96. The molecule has 0 radical (unpaired) electrons. The summed E-state index contributed by atoms with van der Waals surface area (Å²) in [7, 11) is 2.24. The van der Waals surface area contributed by atoms with Gasteiger partial charge in [0.1, 0.15) is 0 Å². The molecule has 0 amide bonds. The zero-order valence-corrected chi connectivity index (χ0v) is 13.0. The predicted molar refractivity (Wildman–Crippen MR) is 81.1 cm³/mol. The summed E-state index contributed by atoms with van der Waals surface area (Å²) in [5, 5.41) is 0. The van der Waals surface area contributed by atoms with Crippen molar-refractivity contribution in [1.82, 2.24) is 9.80 Å². The lowest BCUT2D eigenvalue weighted by molar-refractivity contribution is 0.0984. The Morgan fingerprint density at radius 3 is 2.11 bits per heavy atom. The van der Waals surface area contributed by atoms with Crippen molar-refractivity contribution in [2.24, 2.45) is 0 Å². The molecule has 1 unspecified atom stereocenters. The highest BCUT2D eigenvalue weighted by molar-refractivity contribution is 4.76. The maximum absolute atomic E-state index is 2.68. The summed E-state index contributed by atoms with van der Waals surface area (Å²) in [6.07, 6.45) is 11.4. The second-order valence-corrected chi connectivity index (χ2v) is 6.12. The Labute approximate surface area is 115 Å². The molecular weight excluding hydrogens is 220 g/mol. The maximum Gasteiger partial charge on any atom is 0.0195 e. The molecule has 0 saturated carbocycles. The van der Waals surface area contributed by atoms with Gasteiger partial charge in [0.25, 0.3) is 0 Å². The summed E-state index contributed by atoms with van der Waals surface area (Å²) in [5.74, 6) is 0. The number of hydrogen-bond acceptors (Lipinski definition) is 2. The molecule has 1 atom stereocenters. The van der Waals surface area contributed by atoms with Crippen molar-refractivity contribution in [2.75, 3.05) is 33.2 Å². The van der Waals surface area contributed by atoms with E-state index in [-0.39, 0.29) is 0 Å². The molecule has 1 fully saturated rings. The highest BCUT2D eigenvalue weighted by Crippen LogP contribution is 2.12. The van der Waals surface area contributed by atoms with E-state index in [4.69, 9.17) is 0 Å². The maximum atomic E-state index is 2.68. The van der Waals surface area contributed by atoms with E-state index in [9.17, 15) is 0 Å². The Morgan fingerprint density at radius 1 is 0.889 bits per heavy atom. The molecule has 0 aliphatic carbocycles. The lowest BCUT2D eigenvalue weighted by atomic mass is 10.1. The number of rotatable bonds is 9. The quantitative estimate of drug-likeness (QED) is 0.578. The van der Waals surface area contributed by atoms with E-state index < -0.39 is 0 Å². The van der Waals surface area contributed by atoms with E-state index >= 15 is 0 Å². The zero-order chi connectivity index (χ0) is 13.2. The Balaban J connectivity index is 1.91. The summed E-state index contributed by atoms with van der Waals surface area (Å²) in [5.41, 5.74) is 0. The highest BCUT2D eigenvalue weighted by atomic mass is 15.3. The average Bonchev–Trinajstić information content (AvgIpc) is 2.35. The van der Waals surface area contributed by atoms with Gasteiger partial charge in [0.15, 0.2) is 0 Å². The van der Waals surface area contributed by atoms with Crippen LogP contribution in [-0.4, -0.2) is 49.1 Å². The number of piperazine rings is 1. The largest absolute Gasteiger partial charge is 0.304 e. The van der Waals surface area contributed by atoms with Gasteiger partial charge in [-0.15, -0.1) is 0 Å². The van der Waals surface area contributed by atoms with Gasteiger partial charge < -0.3 is 4.90 Å². The summed E-state index contributed by atoms with van der Waals surface area (Å²) >= 11 is 0. The molecule has 2 heteroatoms. The summed E-state index contributed by atoms with van der Waals surface area (Å²) in [6.45, 7) is 9.76. The number of hydrogen-bond donors (Lipinski definition) is 0. The van der Waals surface area contributed by atoms with Gasteiger partial charge in [-0.05, 0) is 26.9 Å². The first-order valence-corrected chi connectivity index (χ1v) is 8.16. The van der Waals surface area contributed by atoms with Crippen LogP contribution in [0.25, 0.3) is 0 Å². The minimum Gasteiger partial charge on any atom is -0.304 e. The van der Waals surface area contributed by atoms with Gasteiger partial charge in [-0.25, -0.2) is 0 Å². The van der Waals surface area contributed by atoms with Crippen molar-refractivity contribution in [2.45, 2.75) is 71.3 Å². The second-order valence-electron chi connectivity index (χ2n) is 6.12. The van der Waals surface area contributed by atoms with Crippen LogP contribution in [0.5, 0.6) is 0 Å². The van der Waals surface area contributed by atoms with Crippen LogP contribution >= 0.6 is 0 Å². The molecule has 0 aromatic heterocycles. The van der Waals surface area contributed by atoms with Crippen molar-refractivity contribution in [1.29, 1.82) is 0 Å². The average molecular weight is 254 g/mol. The molecule has 108 valence electrons. The Hall–Kier alpha value is -0.0800. The number of unbranched alkanes of at least 4 members (excludes halogenated alkanes) is 7. The van der Waals surface area contributed by atoms with Gasteiger partial charge in [-0.1, -0.05) is 51.9 Å². The third-order valence-corrected chi connectivity index (χ3v) is 4.27. The first kappa shape index (κ1) is 16.0. The molecule has 2 nitrogen and oxygen atoms in total. The SMILES string of the molecule is CCCCCCCCCCN1CCN(C)CC1C. The third kappa shape index (κ3) is 6.75. The molecule has 1 rings (SSSR count). The van der Waals surface area contributed by atoms with E-state index in [1.54, 1.807) is 0 Å². The van der Waals surface area contributed by atoms with Crippen molar-refractivity contribution >= 4 is 0 Å².